The summed E-state index contributed by atoms with van der Waals surface area (Å²) in [5.74, 6) is -0.197. The number of carbonyl (C=O) groups excluding carboxylic acids is 2. The van der Waals surface area contributed by atoms with E-state index in [0.29, 0.717) is 38.1 Å². The monoisotopic (exact) mass is 433 g/mol. The van der Waals surface area contributed by atoms with Crippen LogP contribution in [0.25, 0.3) is 38.8 Å². The first-order valence-electron chi connectivity index (χ1n) is 9.72. The summed E-state index contributed by atoms with van der Waals surface area (Å²) in [5, 5.41) is 11.2. The van der Waals surface area contributed by atoms with E-state index in [1.807, 2.05) is 24.3 Å². The highest BCUT2D eigenvalue weighted by Crippen LogP contribution is 2.34. The molecule has 2 heterocycles. The maximum atomic E-state index is 12.9. The van der Waals surface area contributed by atoms with Crippen molar-refractivity contribution in [3.05, 3.63) is 87.9 Å². The average Bonchev–Trinajstić information content (AvgIpc) is 3.45. The molecule has 0 bridgehead atoms. The zero-order valence-electron chi connectivity index (χ0n) is 16.3. The predicted molar refractivity (Wildman–Crippen MR) is 120 cm³/mol. The van der Waals surface area contributed by atoms with Gasteiger partial charge in [0.15, 0.2) is 16.4 Å². The van der Waals surface area contributed by atoms with Gasteiger partial charge in [0, 0.05) is 16.7 Å². The highest BCUT2D eigenvalue weighted by Gasteiger charge is 2.33. The second-order valence-corrected chi connectivity index (χ2v) is 8.34. The molecule has 0 radical (unpaired) electrons. The molecule has 2 aromatic heterocycles. The summed E-state index contributed by atoms with van der Waals surface area (Å²) in [4.78, 5) is 35.3. The molecule has 5 aromatic rings. The Morgan fingerprint density at radius 3 is 2.16 bits per heavy atom. The summed E-state index contributed by atoms with van der Waals surface area (Å²) in [5.41, 5.74) is 2.55. The molecule has 7 heteroatoms. The lowest BCUT2D eigenvalue weighted by atomic mass is 10.0. The van der Waals surface area contributed by atoms with E-state index in [4.69, 9.17) is 9.68 Å². The Bertz CT molecular complexity index is 1580. The number of benzene rings is 3. The van der Waals surface area contributed by atoms with Gasteiger partial charge in [-0.25, -0.2) is 0 Å². The van der Waals surface area contributed by atoms with Crippen LogP contribution < -0.4 is 0 Å². The van der Waals surface area contributed by atoms with E-state index in [9.17, 15) is 9.59 Å². The molecule has 32 heavy (non-hydrogen) atoms. The van der Waals surface area contributed by atoms with Crippen LogP contribution in [-0.2, 0) is 0 Å². The molecule has 0 aliphatic heterocycles. The fraction of sp³-hybridized carbons (Fsp3) is 0. The lowest BCUT2D eigenvalue weighted by molar-refractivity contribution is 0.0990. The zero-order valence-corrected chi connectivity index (χ0v) is 17.1. The predicted octanol–water partition coefficient (Wildman–Crippen LogP) is 5.44. The minimum Gasteiger partial charge on any atom is -0.417 e. The van der Waals surface area contributed by atoms with Crippen LogP contribution in [0.15, 0.2) is 70.7 Å². The molecule has 0 saturated carbocycles. The first-order chi connectivity index (χ1) is 15.6. The first-order valence-corrected chi connectivity index (χ1v) is 10.5. The zero-order chi connectivity index (χ0) is 21.8. The van der Waals surface area contributed by atoms with Crippen molar-refractivity contribution in [3.8, 4) is 17.5 Å². The largest absolute Gasteiger partial charge is 0.417 e. The third-order valence-electron chi connectivity index (χ3n) is 5.39. The molecule has 0 atom stereocenters. The number of carbonyl (C=O) groups is 2. The third-order valence-corrected chi connectivity index (χ3v) is 6.26. The second-order valence-electron chi connectivity index (χ2n) is 7.33. The molecule has 1 aliphatic carbocycles. The average molecular weight is 433 g/mol. The SMILES string of the molecule is N#Cc1ccc(-c2nc3sc(C=C4C(=O)c5cc6ccccc6cc5C4=O)nc3o2)cc1. The number of nitrogens with zero attached hydrogens (tertiary/aromatic N) is 3. The highest BCUT2D eigenvalue weighted by molar-refractivity contribution is 7.18. The van der Waals surface area contributed by atoms with Gasteiger partial charge in [0.1, 0.15) is 5.01 Å². The first kappa shape index (κ1) is 18.4. The number of fused-ring (bicyclic) bond motifs is 3. The lowest BCUT2D eigenvalue weighted by Crippen LogP contribution is -2.00. The van der Waals surface area contributed by atoms with Crippen molar-refractivity contribution < 1.29 is 14.0 Å². The maximum absolute atomic E-state index is 12.9. The van der Waals surface area contributed by atoms with Crippen molar-refractivity contribution in [2.75, 3.05) is 0 Å². The molecule has 0 unspecified atom stereocenters. The molecule has 6 rings (SSSR count). The van der Waals surface area contributed by atoms with Crippen LogP contribution in [0, 0.1) is 11.3 Å². The quantitative estimate of drug-likeness (QED) is 0.272. The Morgan fingerprint density at radius 1 is 0.906 bits per heavy atom. The van der Waals surface area contributed by atoms with E-state index in [1.165, 1.54) is 17.4 Å². The molecular formula is C25H11N3O3S. The van der Waals surface area contributed by atoms with Gasteiger partial charge in [-0.05, 0) is 53.2 Å². The lowest BCUT2D eigenvalue weighted by Gasteiger charge is -2.00. The Balaban J connectivity index is 1.36. The topological polar surface area (TPSA) is 96.8 Å². The number of ketones is 2. The normalized spacial score (nSPS) is 13.0. The Kier molecular flexibility index (Phi) is 3.90. The van der Waals surface area contributed by atoms with Crippen molar-refractivity contribution >= 4 is 50.3 Å². The third kappa shape index (κ3) is 2.78. The number of hydrogen-bond acceptors (Lipinski definition) is 7. The Morgan fingerprint density at radius 2 is 1.56 bits per heavy atom. The Hall–Kier alpha value is -4.41. The molecule has 0 saturated heterocycles. The van der Waals surface area contributed by atoms with E-state index in [0.717, 1.165) is 16.3 Å². The van der Waals surface area contributed by atoms with Gasteiger partial charge in [0.25, 0.3) is 5.71 Å². The van der Waals surface area contributed by atoms with Crippen LogP contribution in [0.2, 0.25) is 0 Å². The van der Waals surface area contributed by atoms with Crippen LogP contribution in [0.1, 0.15) is 31.3 Å². The number of hydrogen-bond donors (Lipinski definition) is 0. The van der Waals surface area contributed by atoms with Crippen LogP contribution >= 0.6 is 11.3 Å². The molecular weight excluding hydrogens is 422 g/mol. The van der Waals surface area contributed by atoms with Gasteiger partial charge in [-0.15, -0.1) is 0 Å². The number of allylic oxidation sites excluding steroid dienone is 1. The fourth-order valence-corrected chi connectivity index (χ4v) is 4.60. The van der Waals surface area contributed by atoms with Crippen molar-refractivity contribution in [3.63, 3.8) is 0 Å². The summed E-state index contributed by atoms with van der Waals surface area (Å²) < 4.78 is 5.75. The maximum Gasteiger partial charge on any atom is 0.259 e. The molecule has 3 aromatic carbocycles. The summed E-state index contributed by atoms with van der Waals surface area (Å²) in [6.45, 7) is 0. The number of rotatable bonds is 2. The minimum absolute atomic E-state index is 0.0963. The summed E-state index contributed by atoms with van der Waals surface area (Å²) in [7, 11) is 0. The van der Waals surface area contributed by atoms with E-state index >= 15 is 0 Å². The van der Waals surface area contributed by atoms with Crippen molar-refractivity contribution in [1.29, 1.82) is 5.26 Å². The molecule has 6 nitrogen and oxygen atoms in total. The number of aromatic nitrogens is 2. The van der Waals surface area contributed by atoms with Gasteiger partial charge in [-0.3, -0.25) is 9.59 Å². The number of nitriles is 1. The van der Waals surface area contributed by atoms with Gasteiger partial charge >= 0.3 is 0 Å². The molecule has 150 valence electrons. The number of thiazole rings is 1. The number of oxazole rings is 1. The van der Waals surface area contributed by atoms with Gasteiger partial charge in [-0.1, -0.05) is 35.6 Å². The van der Waals surface area contributed by atoms with Crippen LogP contribution in [0.4, 0.5) is 0 Å². The summed E-state index contributed by atoms with van der Waals surface area (Å²) in [6.07, 6.45) is 1.51. The Labute approximate surface area is 185 Å². The van der Waals surface area contributed by atoms with E-state index < -0.39 is 0 Å². The minimum atomic E-state index is -0.297. The second kappa shape index (κ2) is 6.80. The molecule has 0 spiro atoms. The smallest absolute Gasteiger partial charge is 0.259 e. The molecule has 0 fully saturated rings. The van der Waals surface area contributed by atoms with E-state index in [-0.39, 0.29) is 17.1 Å². The van der Waals surface area contributed by atoms with Gasteiger partial charge < -0.3 is 4.42 Å². The summed E-state index contributed by atoms with van der Waals surface area (Å²) >= 11 is 1.24. The van der Waals surface area contributed by atoms with Crippen molar-refractivity contribution in [1.82, 2.24) is 9.97 Å². The highest BCUT2D eigenvalue weighted by atomic mass is 32.1. The molecule has 0 amide bonds. The molecule has 0 N–H and O–H groups in total. The van der Waals surface area contributed by atoms with E-state index in [2.05, 4.69) is 16.0 Å². The standard InChI is InChI=1S/C25H11N3O3S/c26-12-13-5-7-14(8-6-13)23-28-25-24(31-23)27-20(32-25)11-19-21(29)17-9-15-3-1-2-4-16(15)10-18(17)22(19)30/h1-11H. The van der Waals surface area contributed by atoms with Crippen LogP contribution in [0.5, 0.6) is 0 Å². The van der Waals surface area contributed by atoms with Gasteiger partial charge in [0.05, 0.1) is 17.2 Å². The van der Waals surface area contributed by atoms with Crippen molar-refractivity contribution in [2.45, 2.75) is 0 Å². The number of Topliss-reactive ketones (excluding diaryl/α,β-unsaturated/α-hetero) is 2. The van der Waals surface area contributed by atoms with Gasteiger partial charge in [0.2, 0.25) is 5.89 Å². The van der Waals surface area contributed by atoms with Crippen LogP contribution in [-0.4, -0.2) is 21.5 Å². The van der Waals surface area contributed by atoms with Gasteiger partial charge in [-0.2, -0.15) is 15.2 Å². The fourth-order valence-electron chi connectivity index (χ4n) is 3.79. The van der Waals surface area contributed by atoms with Crippen molar-refractivity contribution in [2.24, 2.45) is 0 Å². The van der Waals surface area contributed by atoms with E-state index in [1.54, 1.807) is 36.4 Å². The molecule has 1 aliphatic rings. The summed E-state index contributed by atoms with van der Waals surface area (Å²) in [6, 6.07) is 20.1. The van der Waals surface area contributed by atoms with Crippen LogP contribution in [0.3, 0.4) is 0 Å².